The van der Waals surface area contributed by atoms with Crippen molar-refractivity contribution in [2.24, 2.45) is 5.73 Å². The minimum Gasteiger partial charge on any atom is -0.496 e. The van der Waals surface area contributed by atoms with Gasteiger partial charge in [0.2, 0.25) is 0 Å². The number of nitrogens with two attached hydrogens (primary N) is 1. The Morgan fingerprint density at radius 3 is 3.00 bits per heavy atom. The number of ether oxygens (including phenoxy) is 2. The Hall–Kier alpha value is -0.810. The summed E-state index contributed by atoms with van der Waals surface area (Å²) < 4.78 is 11.0. The Labute approximate surface area is 119 Å². The third-order valence-corrected chi connectivity index (χ3v) is 3.83. The van der Waals surface area contributed by atoms with Crippen LogP contribution in [-0.2, 0) is 4.74 Å². The molecule has 1 fully saturated rings. The van der Waals surface area contributed by atoms with Gasteiger partial charge in [-0.2, -0.15) is 0 Å². The first-order chi connectivity index (χ1) is 9.17. The molecule has 0 amide bonds. The Balaban J connectivity index is 2.31. The van der Waals surface area contributed by atoms with Crippen molar-refractivity contribution >= 4 is 11.6 Å². The summed E-state index contributed by atoms with van der Waals surface area (Å²) in [5.74, 6) is 0.794. The zero-order valence-corrected chi connectivity index (χ0v) is 12.2. The molecule has 1 heterocycles. The molecule has 1 aromatic carbocycles. The number of halogens is 1. The predicted molar refractivity (Wildman–Crippen MR) is 76.8 cm³/mol. The highest BCUT2D eigenvalue weighted by atomic mass is 35.5. The minimum atomic E-state index is 0.0648. The van der Waals surface area contributed by atoms with E-state index in [0.717, 1.165) is 31.0 Å². The maximum Gasteiger partial charge on any atom is 0.125 e. The number of morpholine rings is 1. The molecule has 2 unspecified atom stereocenters. The molecule has 1 aliphatic heterocycles. The van der Waals surface area contributed by atoms with Crippen LogP contribution in [-0.4, -0.2) is 44.4 Å². The fourth-order valence-electron chi connectivity index (χ4n) is 2.60. The lowest BCUT2D eigenvalue weighted by atomic mass is 10.0. The highest BCUT2D eigenvalue weighted by Gasteiger charge is 2.28. The van der Waals surface area contributed by atoms with Crippen molar-refractivity contribution in [2.75, 3.05) is 33.4 Å². The third kappa shape index (κ3) is 3.20. The molecule has 0 aliphatic carbocycles. The number of hydrogen-bond donors (Lipinski definition) is 1. The first-order valence-corrected chi connectivity index (χ1v) is 6.93. The summed E-state index contributed by atoms with van der Waals surface area (Å²) in [4.78, 5) is 2.32. The summed E-state index contributed by atoms with van der Waals surface area (Å²) in [5.41, 5.74) is 6.95. The van der Waals surface area contributed by atoms with Crippen LogP contribution in [0.1, 0.15) is 18.5 Å². The fourth-order valence-corrected chi connectivity index (χ4v) is 2.89. The van der Waals surface area contributed by atoms with Crippen LogP contribution in [0.5, 0.6) is 5.75 Å². The molecule has 2 N–H and O–H groups in total. The largest absolute Gasteiger partial charge is 0.496 e. The minimum absolute atomic E-state index is 0.0648. The molecule has 0 saturated carbocycles. The SMILES string of the molecule is COc1cccc(Cl)c1C(CN)N1CCOC(C)C1. The number of rotatable bonds is 4. The van der Waals surface area contributed by atoms with Gasteiger partial charge in [-0.15, -0.1) is 0 Å². The van der Waals surface area contributed by atoms with Crippen molar-refractivity contribution < 1.29 is 9.47 Å². The normalized spacial score (nSPS) is 22.2. The summed E-state index contributed by atoms with van der Waals surface area (Å²) in [6, 6.07) is 5.76. The van der Waals surface area contributed by atoms with E-state index in [-0.39, 0.29) is 12.1 Å². The summed E-state index contributed by atoms with van der Waals surface area (Å²) in [6.07, 6.45) is 0.219. The molecule has 4 nitrogen and oxygen atoms in total. The molecule has 5 heteroatoms. The zero-order chi connectivity index (χ0) is 13.8. The monoisotopic (exact) mass is 284 g/mol. The van der Waals surface area contributed by atoms with Crippen LogP contribution in [0.4, 0.5) is 0 Å². The molecule has 0 spiro atoms. The van der Waals surface area contributed by atoms with E-state index in [1.54, 1.807) is 7.11 Å². The number of hydrogen-bond acceptors (Lipinski definition) is 4. The van der Waals surface area contributed by atoms with Crippen LogP contribution in [0.15, 0.2) is 18.2 Å². The van der Waals surface area contributed by atoms with Crippen LogP contribution >= 0.6 is 11.6 Å². The molecule has 2 atom stereocenters. The summed E-state index contributed by atoms with van der Waals surface area (Å²) in [6.45, 7) is 5.03. The summed E-state index contributed by atoms with van der Waals surface area (Å²) >= 11 is 6.34. The smallest absolute Gasteiger partial charge is 0.125 e. The molecular formula is C14H21ClN2O2. The van der Waals surface area contributed by atoms with Gasteiger partial charge in [-0.05, 0) is 19.1 Å². The first-order valence-electron chi connectivity index (χ1n) is 6.55. The lowest BCUT2D eigenvalue weighted by molar-refractivity contribution is -0.0335. The van der Waals surface area contributed by atoms with Gasteiger partial charge >= 0.3 is 0 Å². The number of nitrogens with zero attached hydrogens (tertiary/aromatic N) is 1. The van der Waals surface area contributed by atoms with Gasteiger partial charge in [-0.1, -0.05) is 17.7 Å². The van der Waals surface area contributed by atoms with Crippen molar-refractivity contribution in [2.45, 2.75) is 19.1 Å². The van der Waals surface area contributed by atoms with E-state index < -0.39 is 0 Å². The van der Waals surface area contributed by atoms with Crippen LogP contribution in [0, 0.1) is 0 Å². The van der Waals surface area contributed by atoms with Crippen molar-refractivity contribution in [3.05, 3.63) is 28.8 Å². The highest BCUT2D eigenvalue weighted by Crippen LogP contribution is 2.35. The highest BCUT2D eigenvalue weighted by molar-refractivity contribution is 6.31. The lowest BCUT2D eigenvalue weighted by Gasteiger charge is -2.37. The van der Waals surface area contributed by atoms with Crippen LogP contribution in [0.2, 0.25) is 5.02 Å². The Morgan fingerprint density at radius 2 is 2.37 bits per heavy atom. The van der Waals surface area contributed by atoms with Crippen LogP contribution < -0.4 is 10.5 Å². The molecule has 0 aromatic heterocycles. The maximum absolute atomic E-state index is 6.34. The van der Waals surface area contributed by atoms with Gasteiger partial charge < -0.3 is 15.2 Å². The van der Waals surface area contributed by atoms with E-state index in [1.165, 1.54) is 0 Å². The Kier molecular flexibility index (Phi) is 5.05. The standard InChI is InChI=1S/C14H21ClN2O2/c1-10-9-17(6-7-19-10)12(8-16)14-11(15)4-3-5-13(14)18-2/h3-5,10,12H,6-9,16H2,1-2H3. The van der Waals surface area contributed by atoms with Crippen molar-refractivity contribution in [1.29, 1.82) is 0 Å². The van der Waals surface area contributed by atoms with Gasteiger partial charge in [0, 0.05) is 30.2 Å². The average molecular weight is 285 g/mol. The van der Waals surface area contributed by atoms with Gasteiger partial charge in [0.1, 0.15) is 5.75 Å². The molecule has 1 aromatic rings. The Morgan fingerprint density at radius 1 is 1.58 bits per heavy atom. The molecule has 1 saturated heterocycles. The number of methoxy groups -OCH3 is 1. The van der Waals surface area contributed by atoms with Gasteiger partial charge in [-0.3, -0.25) is 4.90 Å². The summed E-state index contributed by atoms with van der Waals surface area (Å²) in [5, 5.41) is 0.703. The van der Waals surface area contributed by atoms with Gasteiger partial charge in [0.25, 0.3) is 0 Å². The zero-order valence-electron chi connectivity index (χ0n) is 11.4. The molecule has 0 radical (unpaired) electrons. The van der Waals surface area contributed by atoms with Crippen LogP contribution in [0.25, 0.3) is 0 Å². The van der Waals surface area contributed by atoms with E-state index in [2.05, 4.69) is 11.8 Å². The van der Waals surface area contributed by atoms with Gasteiger partial charge in [-0.25, -0.2) is 0 Å². The quantitative estimate of drug-likeness (QED) is 0.919. The van der Waals surface area contributed by atoms with E-state index in [0.29, 0.717) is 11.6 Å². The molecule has 1 aliphatic rings. The first kappa shape index (κ1) is 14.6. The number of benzene rings is 1. The van der Waals surface area contributed by atoms with Crippen molar-refractivity contribution in [1.82, 2.24) is 4.90 Å². The molecular weight excluding hydrogens is 264 g/mol. The Bertz CT molecular complexity index is 428. The van der Waals surface area contributed by atoms with Crippen molar-refractivity contribution in [3.8, 4) is 5.75 Å². The van der Waals surface area contributed by atoms with E-state index in [1.807, 2.05) is 18.2 Å². The second-order valence-corrected chi connectivity index (χ2v) is 5.19. The molecule has 0 bridgehead atoms. The van der Waals surface area contributed by atoms with E-state index >= 15 is 0 Å². The van der Waals surface area contributed by atoms with Gasteiger partial charge in [0.15, 0.2) is 0 Å². The second-order valence-electron chi connectivity index (χ2n) is 4.78. The van der Waals surface area contributed by atoms with E-state index in [4.69, 9.17) is 26.8 Å². The topological polar surface area (TPSA) is 47.7 Å². The average Bonchev–Trinajstić information content (AvgIpc) is 2.41. The molecule has 19 heavy (non-hydrogen) atoms. The molecule has 2 rings (SSSR count). The maximum atomic E-state index is 6.34. The summed E-state index contributed by atoms with van der Waals surface area (Å²) in [7, 11) is 1.66. The lowest BCUT2D eigenvalue weighted by Crippen LogP contribution is -2.45. The second kappa shape index (κ2) is 6.57. The van der Waals surface area contributed by atoms with Gasteiger partial charge in [0.05, 0.1) is 25.9 Å². The third-order valence-electron chi connectivity index (χ3n) is 3.50. The van der Waals surface area contributed by atoms with Crippen molar-refractivity contribution in [3.63, 3.8) is 0 Å². The van der Waals surface area contributed by atoms with Crippen LogP contribution in [0.3, 0.4) is 0 Å². The molecule has 106 valence electrons. The fraction of sp³-hybridized carbons (Fsp3) is 0.571. The predicted octanol–water partition coefficient (Wildman–Crippen LogP) is 2.07. The van der Waals surface area contributed by atoms with E-state index in [9.17, 15) is 0 Å².